The van der Waals surface area contributed by atoms with E-state index in [1.165, 1.54) is 5.56 Å². The Balaban J connectivity index is 2.45. The summed E-state index contributed by atoms with van der Waals surface area (Å²) in [6.45, 7) is 6.39. The van der Waals surface area contributed by atoms with Crippen molar-refractivity contribution in [2.75, 3.05) is 6.54 Å². The normalized spacial score (nSPS) is 11.5. The van der Waals surface area contributed by atoms with E-state index in [4.69, 9.17) is 12.2 Å². The average Bonchev–Trinajstić information content (AvgIpc) is 2.27. The number of hydrogen-bond donors (Lipinski definition) is 2. The minimum Gasteiger partial charge on any atom is -0.359 e. The molecular formula is C12H16N2S. The van der Waals surface area contributed by atoms with E-state index in [9.17, 15) is 0 Å². The lowest BCUT2D eigenvalue weighted by atomic mass is 10.1. The van der Waals surface area contributed by atoms with Crippen LogP contribution in [0.15, 0.2) is 43.0 Å². The second kappa shape index (κ2) is 6.19. The fourth-order valence-corrected chi connectivity index (χ4v) is 1.50. The van der Waals surface area contributed by atoms with Gasteiger partial charge < -0.3 is 10.6 Å². The van der Waals surface area contributed by atoms with Crippen molar-refractivity contribution in [3.8, 4) is 0 Å². The Morgan fingerprint density at radius 1 is 1.47 bits per heavy atom. The Morgan fingerprint density at radius 2 is 2.13 bits per heavy atom. The van der Waals surface area contributed by atoms with Crippen LogP contribution in [-0.4, -0.2) is 11.7 Å². The van der Waals surface area contributed by atoms with Crippen molar-refractivity contribution in [1.82, 2.24) is 10.6 Å². The first kappa shape index (κ1) is 11.7. The van der Waals surface area contributed by atoms with Gasteiger partial charge in [-0.2, -0.15) is 0 Å². The summed E-state index contributed by atoms with van der Waals surface area (Å²) < 4.78 is 0. The standard InChI is InChI=1S/C12H16N2S/c1-3-9-13-12(15)14-10(2)11-7-5-4-6-8-11/h3-8,10H,1,9H2,2H3,(H2,13,14,15). The molecule has 0 spiro atoms. The van der Waals surface area contributed by atoms with Crippen LogP contribution in [0.4, 0.5) is 0 Å². The Bertz CT molecular complexity index is 322. The van der Waals surface area contributed by atoms with E-state index in [-0.39, 0.29) is 6.04 Å². The van der Waals surface area contributed by atoms with Gasteiger partial charge in [0.1, 0.15) is 0 Å². The predicted octanol–water partition coefficient (Wildman–Crippen LogP) is 2.40. The molecule has 0 saturated carbocycles. The summed E-state index contributed by atoms with van der Waals surface area (Å²) in [5.74, 6) is 0. The summed E-state index contributed by atoms with van der Waals surface area (Å²) in [7, 11) is 0. The van der Waals surface area contributed by atoms with Gasteiger partial charge in [0.15, 0.2) is 5.11 Å². The molecular weight excluding hydrogens is 204 g/mol. The Hall–Kier alpha value is -1.35. The Morgan fingerprint density at radius 3 is 2.73 bits per heavy atom. The molecule has 0 radical (unpaired) electrons. The van der Waals surface area contributed by atoms with Crippen molar-refractivity contribution in [3.05, 3.63) is 48.6 Å². The summed E-state index contributed by atoms with van der Waals surface area (Å²) in [6, 6.07) is 10.4. The van der Waals surface area contributed by atoms with Crippen LogP contribution in [0.25, 0.3) is 0 Å². The summed E-state index contributed by atoms with van der Waals surface area (Å²) >= 11 is 5.13. The molecule has 1 unspecified atom stereocenters. The number of nitrogens with one attached hydrogen (secondary N) is 2. The van der Waals surface area contributed by atoms with E-state index in [0.29, 0.717) is 11.7 Å². The monoisotopic (exact) mass is 220 g/mol. The first-order valence-corrected chi connectivity index (χ1v) is 5.35. The van der Waals surface area contributed by atoms with Crippen LogP contribution < -0.4 is 10.6 Å². The molecule has 0 aromatic heterocycles. The first-order chi connectivity index (χ1) is 7.24. The highest BCUT2D eigenvalue weighted by molar-refractivity contribution is 7.80. The maximum absolute atomic E-state index is 5.13. The van der Waals surface area contributed by atoms with Crippen LogP contribution in [0.3, 0.4) is 0 Å². The molecule has 15 heavy (non-hydrogen) atoms. The summed E-state index contributed by atoms with van der Waals surface area (Å²) in [5.41, 5.74) is 1.22. The average molecular weight is 220 g/mol. The van der Waals surface area contributed by atoms with Gasteiger partial charge >= 0.3 is 0 Å². The third kappa shape index (κ3) is 4.13. The van der Waals surface area contributed by atoms with Crippen molar-refractivity contribution < 1.29 is 0 Å². The Labute approximate surface area is 96.4 Å². The highest BCUT2D eigenvalue weighted by Crippen LogP contribution is 2.10. The highest BCUT2D eigenvalue weighted by Gasteiger charge is 2.04. The molecule has 3 heteroatoms. The van der Waals surface area contributed by atoms with Crippen molar-refractivity contribution in [3.63, 3.8) is 0 Å². The van der Waals surface area contributed by atoms with Gasteiger partial charge in [-0.15, -0.1) is 6.58 Å². The van der Waals surface area contributed by atoms with E-state index >= 15 is 0 Å². The lowest BCUT2D eigenvalue weighted by molar-refractivity contribution is 0.705. The molecule has 0 aliphatic carbocycles. The third-order valence-corrected chi connectivity index (χ3v) is 2.32. The van der Waals surface area contributed by atoms with Gasteiger partial charge in [-0.05, 0) is 24.7 Å². The third-order valence-electron chi connectivity index (χ3n) is 2.05. The molecule has 2 nitrogen and oxygen atoms in total. The maximum Gasteiger partial charge on any atom is 0.167 e. The largest absolute Gasteiger partial charge is 0.359 e. The molecule has 0 bridgehead atoms. The molecule has 1 aromatic rings. The highest BCUT2D eigenvalue weighted by atomic mass is 32.1. The van der Waals surface area contributed by atoms with Gasteiger partial charge in [0, 0.05) is 6.54 Å². The van der Waals surface area contributed by atoms with Gasteiger partial charge in [-0.3, -0.25) is 0 Å². The van der Waals surface area contributed by atoms with Gasteiger partial charge in [-0.25, -0.2) is 0 Å². The zero-order valence-corrected chi connectivity index (χ0v) is 9.68. The number of hydrogen-bond acceptors (Lipinski definition) is 1. The molecule has 0 aliphatic heterocycles. The zero-order valence-electron chi connectivity index (χ0n) is 8.86. The predicted molar refractivity (Wildman–Crippen MR) is 68.8 cm³/mol. The topological polar surface area (TPSA) is 24.1 Å². The van der Waals surface area contributed by atoms with Crippen LogP contribution in [-0.2, 0) is 0 Å². The van der Waals surface area contributed by atoms with Crippen LogP contribution in [0.1, 0.15) is 18.5 Å². The van der Waals surface area contributed by atoms with Crippen molar-refractivity contribution in [2.45, 2.75) is 13.0 Å². The zero-order chi connectivity index (χ0) is 11.1. The van der Waals surface area contributed by atoms with Crippen molar-refractivity contribution in [1.29, 1.82) is 0 Å². The molecule has 0 heterocycles. The van der Waals surface area contributed by atoms with E-state index in [1.807, 2.05) is 18.2 Å². The lowest BCUT2D eigenvalue weighted by Gasteiger charge is -2.16. The molecule has 2 N–H and O–H groups in total. The molecule has 1 rings (SSSR count). The fraction of sp³-hybridized carbons (Fsp3) is 0.250. The second-order valence-corrected chi connectivity index (χ2v) is 3.68. The number of thiocarbonyl (C=S) groups is 1. The number of rotatable bonds is 4. The summed E-state index contributed by atoms with van der Waals surface area (Å²) in [4.78, 5) is 0. The van der Waals surface area contributed by atoms with E-state index < -0.39 is 0 Å². The van der Waals surface area contributed by atoms with Gasteiger partial charge in [0.05, 0.1) is 6.04 Å². The van der Waals surface area contributed by atoms with Crippen LogP contribution in [0, 0.1) is 0 Å². The van der Waals surface area contributed by atoms with Crippen molar-refractivity contribution >= 4 is 17.3 Å². The second-order valence-electron chi connectivity index (χ2n) is 3.28. The molecule has 0 fully saturated rings. The quantitative estimate of drug-likeness (QED) is 0.602. The molecule has 80 valence electrons. The van der Waals surface area contributed by atoms with E-state index in [1.54, 1.807) is 6.08 Å². The minimum atomic E-state index is 0.219. The Kier molecular flexibility index (Phi) is 4.84. The molecule has 1 aromatic carbocycles. The fourth-order valence-electron chi connectivity index (χ4n) is 1.24. The smallest absolute Gasteiger partial charge is 0.167 e. The van der Waals surface area contributed by atoms with E-state index in [2.05, 4.69) is 36.3 Å². The molecule has 1 atom stereocenters. The summed E-state index contributed by atoms with van der Waals surface area (Å²) in [5, 5.41) is 6.90. The van der Waals surface area contributed by atoms with E-state index in [0.717, 1.165) is 0 Å². The number of benzene rings is 1. The SMILES string of the molecule is C=CCNC(=S)NC(C)c1ccccc1. The molecule has 0 amide bonds. The van der Waals surface area contributed by atoms with Crippen molar-refractivity contribution in [2.24, 2.45) is 0 Å². The van der Waals surface area contributed by atoms with Crippen LogP contribution in [0.2, 0.25) is 0 Å². The maximum atomic E-state index is 5.13. The van der Waals surface area contributed by atoms with Crippen LogP contribution >= 0.6 is 12.2 Å². The van der Waals surface area contributed by atoms with Gasteiger partial charge in [-0.1, -0.05) is 36.4 Å². The van der Waals surface area contributed by atoms with Gasteiger partial charge in [0.25, 0.3) is 0 Å². The minimum absolute atomic E-state index is 0.219. The first-order valence-electron chi connectivity index (χ1n) is 4.94. The summed E-state index contributed by atoms with van der Waals surface area (Å²) in [6.07, 6.45) is 1.78. The van der Waals surface area contributed by atoms with Crippen LogP contribution in [0.5, 0.6) is 0 Å². The molecule has 0 aliphatic rings. The lowest BCUT2D eigenvalue weighted by Crippen LogP contribution is -2.36. The molecule has 0 saturated heterocycles. The van der Waals surface area contributed by atoms with Gasteiger partial charge in [0.2, 0.25) is 0 Å².